The summed E-state index contributed by atoms with van der Waals surface area (Å²) in [5.74, 6) is 1.20. The maximum absolute atomic E-state index is 6.67. The van der Waals surface area contributed by atoms with E-state index in [1.54, 1.807) is 0 Å². The van der Waals surface area contributed by atoms with E-state index >= 15 is 0 Å². The molecule has 0 heterocycles. The highest BCUT2D eigenvalue weighted by Gasteiger charge is 2.39. The Morgan fingerprint density at radius 1 is 1.35 bits per heavy atom. The van der Waals surface area contributed by atoms with Crippen molar-refractivity contribution in [3.05, 3.63) is 34.3 Å². The van der Waals surface area contributed by atoms with Crippen LogP contribution >= 0.6 is 11.6 Å². The van der Waals surface area contributed by atoms with Gasteiger partial charge < -0.3 is 5.73 Å². The van der Waals surface area contributed by atoms with Crippen molar-refractivity contribution in [1.29, 1.82) is 0 Å². The zero-order valence-electron chi connectivity index (χ0n) is 11.0. The van der Waals surface area contributed by atoms with Gasteiger partial charge in [0.25, 0.3) is 0 Å². The second kappa shape index (κ2) is 4.62. The molecule has 2 heteroatoms. The van der Waals surface area contributed by atoms with Gasteiger partial charge in [0.1, 0.15) is 0 Å². The summed E-state index contributed by atoms with van der Waals surface area (Å²) in [6.07, 6.45) is 3.57. The Balaban J connectivity index is 2.39. The average Bonchev–Trinajstić information content (AvgIpc) is 2.29. The first kappa shape index (κ1) is 12.9. The molecule has 0 saturated heterocycles. The summed E-state index contributed by atoms with van der Waals surface area (Å²) in [5, 5.41) is 0.831. The number of nitrogens with two attached hydrogens (primary N) is 1. The van der Waals surface area contributed by atoms with Gasteiger partial charge in [-0.1, -0.05) is 50.4 Å². The number of halogens is 1. The lowest BCUT2D eigenvalue weighted by Gasteiger charge is -2.43. The molecule has 1 aliphatic rings. The molecule has 0 aromatic heterocycles. The number of hydrogen-bond acceptors (Lipinski definition) is 1. The molecule has 1 aromatic rings. The zero-order valence-corrected chi connectivity index (χ0v) is 11.7. The molecule has 17 heavy (non-hydrogen) atoms. The molecule has 2 N–H and O–H groups in total. The molecule has 0 bridgehead atoms. The smallest absolute Gasteiger partial charge is 0.0438 e. The Hall–Kier alpha value is -0.530. The van der Waals surface area contributed by atoms with Crippen molar-refractivity contribution in [1.82, 2.24) is 0 Å². The Morgan fingerprint density at radius 2 is 2.06 bits per heavy atom. The van der Waals surface area contributed by atoms with Crippen LogP contribution in [0.5, 0.6) is 0 Å². The fraction of sp³-hybridized carbons (Fsp3) is 0.600. The van der Waals surface area contributed by atoms with E-state index in [9.17, 15) is 0 Å². The van der Waals surface area contributed by atoms with E-state index in [0.29, 0.717) is 11.8 Å². The zero-order chi connectivity index (χ0) is 12.6. The van der Waals surface area contributed by atoms with Gasteiger partial charge in [-0.3, -0.25) is 0 Å². The molecule has 0 radical (unpaired) electrons. The molecule has 1 fully saturated rings. The first-order valence-electron chi connectivity index (χ1n) is 6.50. The second-order valence-corrected chi connectivity index (χ2v) is 6.07. The maximum Gasteiger partial charge on any atom is 0.0438 e. The van der Waals surface area contributed by atoms with Crippen molar-refractivity contribution < 1.29 is 0 Å². The van der Waals surface area contributed by atoms with E-state index in [4.69, 9.17) is 17.3 Å². The minimum atomic E-state index is -0.199. The van der Waals surface area contributed by atoms with Crippen LogP contribution in [0.2, 0.25) is 5.02 Å². The van der Waals surface area contributed by atoms with Gasteiger partial charge in [0.15, 0.2) is 0 Å². The van der Waals surface area contributed by atoms with Crippen molar-refractivity contribution in [2.45, 2.75) is 45.6 Å². The van der Waals surface area contributed by atoms with Gasteiger partial charge in [0.05, 0.1) is 0 Å². The molecule has 1 aliphatic carbocycles. The Morgan fingerprint density at radius 3 is 2.71 bits per heavy atom. The van der Waals surface area contributed by atoms with Crippen LogP contribution in [0.15, 0.2) is 18.2 Å². The van der Waals surface area contributed by atoms with Crippen molar-refractivity contribution in [2.75, 3.05) is 0 Å². The van der Waals surface area contributed by atoms with Crippen LogP contribution in [0, 0.1) is 18.8 Å². The third-order valence-corrected chi connectivity index (χ3v) is 5.03. The van der Waals surface area contributed by atoms with E-state index in [0.717, 1.165) is 17.0 Å². The van der Waals surface area contributed by atoms with Crippen molar-refractivity contribution >= 4 is 11.6 Å². The molecule has 1 nitrogen and oxygen atoms in total. The van der Waals surface area contributed by atoms with Crippen molar-refractivity contribution in [3.8, 4) is 0 Å². The highest BCUT2D eigenvalue weighted by atomic mass is 35.5. The molecule has 2 rings (SSSR count). The lowest BCUT2D eigenvalue weighted by atomic mass is 9.66. The monoisotopic (exact) mass is 251 g/mol. The number of rotatable bonds is 1. The normalized spacial score (nSPS) is 33.7. The summed E-state index contributed by atoms with van der Waals surface area (Å²) < 4.78 is 0. The van der Waals surface area contributed by atoms with Gasteiger partial charge in [0.2, 0.25) is 0 Å². The fourth-order valence-electron chi connectivity index (χ4n) is 2.99. The Kier molecular flexibility index (Phi) is 3.51. The van der Waals surface area contributed by atoms with Crippen LogP contribution in [0.25, 0.3) is 0 Å². The molecule has 3 atom stereocenters. The van der Waals surface area contributed by atoms with Gasteiger partial charge in [-0.15, -0.1) is 0 Å². The summed E-state index contributed by atoms with van der Waals surface area (Å²) in [5.41, 5.74) is 8.80. The lowest BCUT2D eigenvalue weighted by Crippen LogP contribution is -2.48. The summed E-state index contributed by atoms with van der Waals surface area (Å²) in [6.45, 7) is 6.61. The van der Waals surface area contributed by atoms with Crippen LogP contribution in [0.1, 0.15) is 44.2 Å². The topological polar surface area (TPSA) is 26.0 Å². The predicted molar refractivity (Wildman–Crippen MR) is 74.2 cm³/mol. The van der Waals surface area contributed by atoms with Gasteiger partial charge in [-0.2, -0.15) is 0 Å². The van der Waals surface area contributed by atoms with Crippen LogP contribution in [-0.4, -0.2) is 0 Å². The van der Waals surface area contributed by atoms with E-state index in [1.807, 2.05) is 6.92 Å². The third-order valence-electron chi connectivity index (χ3n) is 4.63. The standard InChI is InChI=1S/C15H22ClN/c1-10-5-4-8-15(17,12(10)3)13-7-6-11(2)14(16)9-13/h6-7,9-10,12H,4-5,8,17H2,1-3H3. The first-order chi connectivity index (χ1) is 7.95. The van der Waals surface area contributed by atoms with Crippen molar-refractivity contribution in [2.24, 2.45) is 17.6 Å². The molecule has 1 saturated carbocycles. The number of benzene rings is 1. The highest BCUT2D eigenvalue weighted by molar-refractivity contribution is 6.31. The lowest BCUT2D eigenvalue weighted by molar-refractivity contribution is 0.144. The largest absolute Gasteiger partial charge is 0.321 e. The van der Waals surface area contributed by atoms with Crippen molar-refractivity contribution in [3.63, 3.8) is 0 Å². The highest BCUT2D eigenvalue weighted by Crippen LogP contribution is 2.43. The van der Waals surface area contributed by atoms with Gasteiger partial charge in [-0.05, 0) is 42.4 Å². The van der Waals surface area contributed by atoms with E-state index in [2.05, 4.69) is 32.0 Å². The SMILES string of the molecule is Cc1ccc(C2(N)CCCC(C)C2C)cc1Cl. The minimum Gasteiger partial charge on any atom is -0.321 e. The molecule has 94 valence electrons. The molecular formula is C15H22ClN. The van der Waals surface area contributed by atoms with E-state index in [1.165, 1.54) is 18.4 Å². The quantitative estimate of drug-likeness (QED) is 0.793. The third kappa shape index (κ3) is 2.23. The van der Waals surface area contributed by atoms with Crippen LogP contribution < -0.4 is 5.73 Å². The molecular weight excluding hydrogens is 230 g/mol. The van der Waals surface area contributed by atoms with E-state index < -0.39 is 0 Å². The number of aryl methyl sites for hydroxylation is 1. The molecule has 3 unspecified atom stereocenters. The summed E-state index contributed by atoms with van der Waals surface area (Å²) in [4.78, 5) is 0. The van der Waals surface area contributed by atoms with Gasteiger partial charge in [-0.25, -0.2) is 0 Å². The molecule has 0 aliphatic heterocycles. The minimum absolute atomic E-state index is 0.199. The summed E-state index contributed by atoms with van der Waals surface area (Å²) in [6, 6.07) is 6.29. The summed E-state index contributed by atoms with van der Waals surface area (Å²) >= 11 is 6.22. The summed E-state index contributed by atoms with van der Waals surface area (Å²) in [7, 11) is 0. The first-order valence-corrected chi connectivity index (χ1v) is 6.88. The molecule has 0 amide bonds. The Bertz CT molecular complexity index is 415. The van der Waals surface area contributed by atoms with Crippen LogP contribution in [0.3, 0.4) is 0 Å². The second-order valence-electron chi connectivity index (χ2n) is 5.66. The van der Waals surface area contributed by atoms with Gasteiger partial charge >= 0.3 is 0 Å². The molecule has 1 aromatic carbocycles. The van der Waals surface area contributed by atoms with E-state index in [-0.39, 0.29) is 5.54 Å². The Labute approximate surface area is 109 Å². The maximum atomic E-state index is 6.67. The predicted octanol–water partition coefficient (Wildman–Crippen LogP) is 4.26. The van der Waals surface area contributed by atoms with Crippen LogP contribution in [0.4, 0.5) is 0 Å². The fourth-order valence-corrected chi connectivity index (χ4v) is 3.17. The molecule has 0 spiro atoms. The number of hydrogen-bond donors (Lipinski definition) is 1. The van der Waals surface area contributed by atoms with Crippen LogP contribution in [-0.2, 0) is 5.54 Å². The van der Waals surface area contributed by atoms with Gasteiger partial charge in [0, 0.05) is 10.6 Å². The average molecular weight is 252 g/mol.